The van der Waals surface area contributed by atoms with Gasteiger partial charge in [-0.2, -0.15) is 0 Å². The summed E-state index contributed by atoms with van der Waals surface area (Å²) in [6.45, 7) is 0. The molecule has 0 saturated carbocycles. The number of esters is 1. The van der Waals surface area contributed by atoms with Gasteiger partial charge in [-0.15, -0.1) is 11.8 Å². The Morgan fingerprint density at radius 2 is 2.54 bits per heavy atom. The third-order valence-corrected chi connectivity index (χ3v) is 2.83. The Balaban J connectivity index is 2.07. The van der Waals surface area contributed by atoms with E-state index in [0.717, 1.165) is 0 Å². The highest BCUT2D eigenvalue weighted by atomic mass is 32.2. The number of methoxy groups -OCH3 is 1. The first kappa shape index (κ1) is 10.3. The molecule has 13 heavy (non-hydrogen) atoms. The summed E-state index contributed by atoms with van der Waals surface area (Å²) in [7, 11) is 1.33. The number of rotatable bonds is 4. The summed E-state index contributed by atoms with van der Waals surface area (Å²) in [5, 5.41) is 9.67. The van der Waals surface area contributed by atoms with Crippen LogP contribution in [-0.4, -0.2) is 46.8 Å². The number of hydrogen-bond acceptors (Lipinski definition) is 5. The number of hydrogen-bond donors (Lipinski definition) is 1. The van der Waals surface area contributed by atoms with Gasteiger partial charge in [-0.25, -0.2) is 5.06 Å². The summed E-state index contributed by atoms with van der Waals surface area (Å²) in [5.41, 5.74) is 0. The van der Waals surface area contributed by atoms with Crippen LogP contribution in [0.2, 0.25) is 0 Å². The molecule has 1 heterocycles. The molecular formula is C7H11NO4S. The van der Waals surface area contributed by atoms with Crippen molar-refractivity contribution in [2.45, 2.75) is 12.5 Å². The monoisotopic (exact) mass is 205 g/mol. The van der Waals surface area contributed by atoms with Gasteiger partial charge in [0.2, 0.25) is 5.91 Å². The van der Waals surface area contributed by atoms with Crippen molar-refractivity contribution >= 4 is 23.6 Å². The zero-order valence-corrected chi connectivity index (χ0v) is 8.04. The lowest BCUT2D eigenvalue weighted by Crippen LogP contribution is -2.51. The number of carbonyl (C=O) groups is 2. The quantitative estimate of drug-likeness (QED) is 0.394. The van der Waals surface area contributed by atoms with Crippen LogP contribution in [0.5, 0.6) is 0 Å². The van der Waals surface area contributed by atoms with E-state index in [1.165, 1.54) is 18.9 Å². The molecule has 0 aliphatic carbocycles. The van der Waals surface area contributed by atoms with Crippen molar-refractivity contribution in [1.29, 1.82) is 0 Å². The van der Waals surface area contributed by atoms with E-state index < -0.39 is 0 Å². The molecule has 0 bridgehead atoms. The molecule has 74 valence electrons. The minimum Gasteiger partial charge on any atom is -0.468 e. The van der Waals surface area contributed by atoms with E-state index in [9.17, 15) is 9.59 Å². The number of hydroxylamine groups is 2. The smallest absolute Gasteiger partial charge is 0.315 e. The lowest BCUT2D eigenvalue weighted by atomic mass is 10.1. The van der Waals surface area contributed by atoms with E-state index >= 15 is 0 Å². The van der Waals surface area contributed by atoms with Crippen LogP contribution in [0.15, 0.2) is 0 Å². The molecule has 6 heteroatoms. The predicted octanol–water partition coefficient (Wildman–Crippen LogP) is -0.117. The molecule has 1 amide bonds. The van der Waals surface area contributed by atoms with Crippen LogP contribution in [0.3, 0.4) is 0 Å². The van der Waals surface area contributed by atoms with Gasteiger partial charge in [0, 0.05) is 5.75 Å². The van der Waals surface area contributed by atoms with Gasteiger partial charge in [-0.1, -0.05) is 0 Å². The number of β-lactam (4-membered cyclic amide) rings is 1. The second-order valence-electron chi connectivity index (χ2n) is 2.69. The van der Waals surface area contributed by atoms with Crippen molar-refractivity contribution in [3.05, 3.63) is 0 Å². The average Bonchev–Trinajstić information content (AvgIpc) is 2.15. The first-order valence-corrected chi connectivity index (χ1v) is 4.96. The topological polar surface area (TPSA) is 66.8 Å². The average molecular weight is 205 g/mol. The molecule has 1 aliphatic heterocycles. The maximum absolute atomic E-state index is 10.7. The van der Waals surface area contributed by atoms with Crippen LogP contribution < -0.4 is 0 Å². The zero-order valence-electron chi connectivity index (χ0n) is 7.23. The van der Waals surface area contributed by atoms with Crippen molar-refractivity contribution in [1.82, 2.24) is 5.06 Å². The predicted molar refractivity (Wildman–Crippen MR) is 46.4 cm³/mol. The summed E-state index contributed by atoms with van der Waals surface area (Å²) in [4.78, 5) is 21.2. The summed E-state index contributed by atoms with van der Waals surface area (Å²) < 4.78 is 4.43. The van der Waals surface area contributed by atoms with Gasteiger partial charge in [0.15, 0.2) is 0 Å². The van der Waals surface area contributed by atoms with E-state index in [2.05, 4.69) is 4.74 Å². The Morgan fingerprint density at radius 3 is 3.00 bits per heavy atom. The van der Waals surface area contributed by atoms with Crippen LogP contribution >= 0.6 is 11.8 Å². The minimum absolute atomic E-state index is 0.137. The molecule has 1 aliphatic rings. The molecule has 5 nitrogen and oxygen atoms in total. The van der Waals surface area contributed by atoms with Crippen LogP contribution in [-0.2, 0) is 14.3 Å². The molecule has 0 radical (unpaired) electrons. The lowest BCUT2D eigenvalue weighted by molar-refractivity contribution is -0.198. The number of thioether (sulfide) groups is 1. The minimum atomic E-state index is -0.292. The molecule has 1 saturated heterocycles. The Bertz CT molecular complexity index is 221. The SMILES string of the molecule is COC(=O)CSCC1CC(=O)N1O. The van der Waals surface area contributed by atoms with Crippen molar-refractivity contribution in [2.75, 3.05) is 18.6 Å². The van der Waals surface area contributed by atoms with Crippen LogP contribution in [0, 0.1) is 0 Å². The number of carbonyl (C=O) groups excluding carboxylic acids is 2. The van der Waals surface area contributed by atoms with Crippen LogP contribution in [0.25, 0.3) is 0 Å². The third-order valence-electron chi connectivity index (χ3n) is 1.77. The molecule has 0 aromatic carbocycles. The van der Waals surface area contributed by atoms with Gasteiger partial charge in [0.1, 0.15) is 0 Å². The molecular weight excluding hydrogens is 194 g/mol. The highest BCUT2D eigenvalue weighted by molar-refractivity contribution is 7.99. The van der Waals surface area contributed by atoms with Crippen molar-refractivity contribution in [3.63, 3.8) is 0 Å². The van der Waals surface area contributed by atoms with Crippen molar-refractivity contribution in [2.24, 2.45) is 0 Å². The molecule has 1 unspecified atom stereocenters. The lowest BCUT2D eigenvalue weighted by Gasteiger charge is -2.34. The maximum Gasteiger partial charge on any atom is 0.315 e. The fourth-order valence-corrected chi connectivity index (χ4v) is 1.87. The Labute approximate surface area is 80.0 Å². The van der Waals surface area contributed by atoms with Gasteiger partial charge in [-0.3, -0.25) is 14.8 Å². The summed E-state index contributed by atoms with van der Waals surface area (Å²) in [5.74, 6) is 0.274. The molecule has 1 rings (SSSR count). The van der Waals surface area contributed by atoms with E-state index in [0.29, 0.717) is 17.2 Å². The van der Waals surface area contributed by atoms with E-state index in [1.807, 2.05) is 0 Å². The van der Waals surface area contributed by atoms with Gasteiger partial charge in [0.05, 0.1) is 25.3 Å². The Morgan fingerprint density at radius 1 is 1.85 bits per heavy atom. The van der Waals surface area contributed by atoms with Crippen molar-refractivity contribution < 1.29 is 19.5 Å². The molecule has 0 aromatic heterocycles. The van der Waals surface area contributed by atoms with Crippen molar-refractivity contribution in [3.8, 4) is 0 Å². The molecule has 0 spiro atoms. The fourth-order valence-electron chi connectivity index (χ4n) is 0.940. The third kappa shape index (κ3) is 2.60. The van der Waals surface area contributed by atoms with E-state index in [4.69, 9.17) is 5.21 Å². The maximum atomic E-state index is 10.7. The molecule has 1 N–H and O–H groups in total. The standard InChI is InChI=1S/C7H11NO4S/c1-12-7(10)4-13-3-5-2-6(9)8(5)11/h5,11H,2-4H2,1H3. The van der Waals surface area contributed by atoms with Gasteiger partial charge in [-0.05, 0) is 0 Å². The van der Waals surface area contributed by atoms with E-state index in [1.54, 1.807) is 0 Å². The number of ether oxygens (including phenoxy) is 1. The highest BCUT2D eigenvalue weighted by Gasteiger charge is 2.34. The highest BCUT2D eigenvalue weighted by Crippen LogP contribution is 2.20. The summed E-state index contributed by atoms with van der Waals surface area (Å²) >= 11 is 1.35. The van der Waals surface area contributed by atoms with Gasteiger partial charge < -0.3 is 4.74 Å². The number of amides is 1. The van der Waals surface area contributed by atoms with Crippen LogP contribution in [0.1, 0.15) is 6.42 Å². The summed E-state index contributed by atoms with van der Waals surface area (Å²) in [6.07, 6.45) is 0.366. The summed E-state index contributed by atoms with van der Waals surface area (Å²) in [6, 6.07) is -0.137. The second kappa shape index (κ2) is 4.48. The van der Waals surface area contributed by atoms with Crippen LogP contribution in [0.4, 0.5) is 0 Å². The normalized spacial score (nSPS) is 21.2. The Hall–Kier alpha value is -0.750. The van der Waals surface area contributed by atoms with E-state index in [-0.39, 0.29) is 23.7 Å². The first-order valence-electron chi connectivity index (χ1n) is 3.80. The number of nitrogens with zero attached hydrogens (tertiary/aromatic N) is 1. The molecule has 0 aromatic rings. The van der Waals surface area contributed by atoms with Gasteiger partial charge >= 0.3 is 5.97 Å². The van der Waals surface area contributed by atoms with Gasteiger partial charge in [0.25, 0.3) is 0 Å². The second-order valence-corrected chi connectivity index (χ2v) is 3.72. The largest absolute Gasteiger partial charge is 0.468 e. The fraction of sp³-hybridized carbons (Fsp3) is 0.714. The zero-order chi connectivity index (χ0) is 9.84. The molecule has 1 fully saturated rings. The Kier molecular flexibility index (Phi) is 3.56. The first-order chi connectivity index (χ1) is 6.15. The molecule has 1 atom stereocenters.